The van der Waals surface area contributed by atoms with E-state index in [1.807, 2.05) is 46.3 Å². The van der Waals surface area contributed by atoms with Crippen molar-refractivity contribution in [3.8, 4) is 22.1 Å². The minimum atomic E-state index is -0.537. The van der Waals surface area contributed by atoms with Crippen LogP contribution < -0.4 is 10.1 Å². The summed E-state index contributed by atoms with van der Waals surface area (Å²) in [5, 5.41) is 13.6. The molecule has 2 aromatic heterocycles. The molecule has 4 aromatic rings. The van der Waals surface area contributed by atoms with Gasteiger partial charge in [0, 0.05) is 0 Å². The molecule has 2 aromatic carbocycles. The molecule has 0 saturated carbocycles. The summed E-state index contributed by atoms with van der Waals surface area (Å²) >= 11 is 8.83. The van der Waals surface area contributed by atoms with E-state index in [0.29, 0.717) is 22.4 Å². The van der Waals surface area contributed by atoms with Crippen molar-refractivity contribution in [1.82, 2.24) is 14.8 Å². The minimum absolute atomic E-state index is 0.132. The third-order valence-electron chi connectivity index (χ3n) is 4.54. The first kappa shape index (κ1) is 22.3. The lowest BCUT2D eigenvalue weighted by Crippen LogP contribution is -2.23. The molecular formula is C22H18ClFN4O2S2. The van der Waals surface area contributed by atoms with Gasteiger partial charge in [-0.3, -0.25) is 9.36 Å². The van der Waals surface area contributed by atoms with Gasteiger partial charge in [-0.1, -0.05) is 41.6 Å². The second-order valence-corrected chi connectivity index (χ2v) is 9.33. The summed E-state index contributed by atoms with van der Waals surface area (Å²) in [6.45, 7) is 1.75. The number of nitrogens with one attached hydrogen (secondary N) is 1. The summed E-state index contributed by atoms with van der Waals surface area (Å²) in [4.78, 5) is 13.7. The molecule has 164 valence electrons. The Morgan fingerprint density at radius 3 is 2.75 bits per heavy atom. The highest BCUT2D eigenvalue weighted by Crippen LogP contribution is 2.35. The van der Waals surface area contributed by atoms with Crippen molar-refractivity contribution in [3.63, 3.8) is 0 Å². The smallest absolute Gasteiger partial charge is 0.237 e. The van der Waals surface area contributed by atoms with Crippen LogP contribution in [0.1, 0.15) is 6.92 Å². The van der Waals surface area contributed by atoms with Crippen LogP contribution in [0.3, 0.4) is 0 Å². The number of carbonyl (C=O) groups excluding carboxylic acids is 1. The number of thioether (sulfide) groups is 1. The predicted octanol–water partition coefficient (Wildman–Crippen LogP) is 5.92. The van der Waals surface area contributed by atoms with Crippen molar-refractivity contribution in [2.75, 3.05) is 12.4 Å². The number of amides is 1. The molecule has 1 amide bonds. The van der Waals surface area contributed by atoms with Crippen molar-refractivity contribution < 1.29 is 13.9 Å². The van der Waals surface area contributed by atoms with Gasteiger partial charge in [0.15, 0.2) is 11.0 Å². The Bertz CT molecular complexity index is 1250. The number of rotatable bonds is 7. The van der Waals surface area contributed by atoms with Crippen LogP contribution in [0.25, 0.3) is 16.4 Å². The Morgan fingerprint density at radius 2 is 2.03 bits per heavy atom. The second-order valence-electron chi connectivity index (χ2n) is 6.66. The highest BCUT2D eigenvalue weighted by atomic mass is 35.5. The van der Waals surface area contributed by atoms with Gasteiger partial charge in [-0.05, 0) is 48.7 Å². The summed E-state index contributed by atoms with van der Waals surface area (Å²) in [7, 11) is 1.60. The highest BCUT2D eigenvalue weighted by molar-refractivity contribution is 8.00. The molecule has 4 rings (SSSR count). The molecule has 32 heavy (non-hydrogen) atoms. The van der Waals surface area contributed by atoms with Gasteiger partial charge >= 0.3 is 0 Å². The molecule has 0 aliphatic heterocycles. The van der Waals surface area contributed by atoms with Gasteiger partial charge in [0.1, 0.15) is 11.6 Å². The lowest BCUT2D eigenvalue weighted by Gasteiger charge is -2.16. The van der Waals surface area contributed by atoms with Crippen LogP contribution in [-0.4, -0.2) is 33.0 Å². The van der Waals surface area contributed by atoms with E-state index in [2.05, 4.69) is 15.5 Å². The summed E-state index contributed by atoms with van der Waals surface area (Å²) in [5.41, 5.74) is 1.11. The third kappa shape index (κ3) is 4.64. The summed E-state index contributed by atoms with van der Waals surface area (Å²) in [6, 6.07) is 15.3. The number of carbonyl (C=O) groups is 1. The zero-order chi connectivity index (χ0) is 22.7. The average Bonchev–Trinajstić information content (AvgIpc) is 3.45. The Kier molecular flexibility index (Phi) is 6.78. The minimum Gasteiger partial charge on any atom is -0.495 e. The summed E-state index contributed by atoms with van der Waals surface area (Å²) in [6.07, 6.45) is 0. The van der Waals surface area contributed by atoms with Crippen molar-refractivity contribution >= 4 is 46.3 Å². The molecule has 0 bridgehead atoms. The largest absolute Gasteiger partial charge is 0.495 e. The molecule has 1 atom stereocenters. The molecule has 1 N–H and O–H groups in total. The first-order chi connectivity index (χ1) is 15.5. The van der Waals surface area contributed by atoms with Gasteiger partial charge in [-0.15, -0.1) is 21.5 Å². The van der Waals surface area contributed by atoms with Crippen molar-refractivity contribution in [3.05, 3.63) is 70.8 Å². The lowest BCUT2D eigenvalue weighted by atomic mass is 10.3. The van der Waals surface area contributed by atoms with E-state index in [0.717, 1.165) is 16.6 Å². The van der Waals surface area contributed by atoms with E-state index in [9.17, 15) is 9.18 Å². The Morgan fingerprint density at radius 1 is 1.22 bits per heavy atom. The van der Waals surface area contributed by atoms with E-state index >= 15 is 0 Å². The number of nitrogens with zero attached hydrogens (tertiary/aromatic N) is 3. The molecule has 2 heterocycles. The van der Waals surface area contributed by atoms with E-state index in [4.69, 9.17) is 16.3 Å². The molecule has 6 nitrogen and oxygen atoms in total. The Hall–Kier alpha value is -2.88. The number of hydrogen-bond donors (Lipinski definition) is 1. The van der Waals surface area contributed by atoms with Crippen molar-refractivity contribution in [2.45, 2.75) is 17.3 Å². The third-order valence-corrected chi connectivity index (χ3v) is 6.76. The Balaban J connectivity index is 1.65. The summed E-state index contributed by atoms with van der Waals surface area (Å²) in [5.74, 6) is 0.542. The summed E-state index contributed by atoms with van der Waals surface area (Å²) < 4.78 is 20.7. The standard InChI is InChI=1S/C22H18ClFN4O2S2/c1-13(21(29)25-16-10-9-14(24)12-15(16)23)32-22-27-26-20(19-8-5-11-31-19)28(22)17-6-3-4-7-18(17)30-2/h3-13H,1-2H3,(H,25,29)/t13-/m0/s1. The highest BCUT2D eigenvalue weighted by Gasteiger charge is 2.24. The van der Waals surface area contributed by atoms with E-state index in [1.165, 1.54) is 23.9 Å². The molecule has 0 aliphatic carbocycles. The number of benzene rings is 2. The van der Waals surface area contributed by atoms with Gasteiger partial charge in [0.05, 0.1) is 33.6 Å². The normalized spacial score (nSPS) is 11.9. The zero-order valence-electron chi connectivity index (χ0n) is 17.1. The van der Waals surface area contributed by atoms with Crippen LogP contribution in [0.5, 0.6) is 5.75 Å². The number of methoxy groups -OCH3 is 1. The van der Waals surface area contributed by atoms with Gasteiger partial charge in [-0.25, -0.2) is 4.39 Å². The van der Waals surface area contributed by atoms with Gasteiger partial charge in [0.2, 0.25) is 5.91 Å². The monoisotopic (exact) mass is 488 g/mol. The van der Waals surface area contributed by atoms with E-state index < -0.39 is 11.1 Å². The van der Waals surface area contributed by atoms with Gasteiger partial charge in [0.25, 0.3) is 0 Å². The lowest BCUT2D eigenvalue weighted by molar-refractivity contribution is -0.115. The van der Waals surface area contributed by atoms with Crippen LogP contribution in [0.4, 0.5) is 10.1 Å². The number of ether oxygens (including phenoxy) is 1. The fraction of sp³-hybridized carbons (Fsp3) is 0.136. The maximum Gasteiger partial charge on any atom is 0.237 e. The number of thiophene rings is 1. The topological polar surface area (TPSA) is 69.0 Å². The molecule has 0 saturated heterocycles. The van der Waals surface area contributed by atoms with Crippen LogP contribution >= 0.6 is 34.7 Å². The fourth-order valence-corrected chi connectivity index (χ4v) is 4.75. The second kappa shape index (κ2) is 9.72. The van der Waals surface area contributed by atoms with Crippen LogP contribution in [0.15, 0.2) is 65.1 Å². The van der Waals surface area contributed by atoms with Crippen molar-refractivity contribution in [1.29, 1.82) is 0 Å². The van der Waals surface area contributed by atoms with E-state index in [1.54, 1.807) is 25.4 Å². The molecule has 0 radical (unpaired) electrons. The maximum absolute atomic E-state index is 13.3. The molecular weight excluding hydrogens is 471 g/mol. The van der Waals surface area contributed by atoms with Crippen molar-refractivity contribution in [2.24, 2.45) is 0 Å². The zero-order valence-corrected chi connectivity index (χ0v) is 19.5. The van der Waals surface area contributed by atoms with Gasteiger partial charge < -0.3 is 10.1 Å². The molecule has 0 fully saturated rings. The SMILES string of the molecule is COc1ccccc1-n1c(S[C@@H](C)C(=O)Nc2ccc(F)cc2Cl)nnc1-c1cccs1. The number of hydrogen-bond acceptors (Lipinski definition) is 6. The average molecular weight is 489 g/mol. The first-order valence-electron chi connectivity index (χ1n) is 9.53. The molecule has 0 spiro atoms. The maximum atomic E-state index is 13.3. The van der Waals surface area contributed by atoms with Gasteiger partial charge in [-0.2, -0.15) is 0 Å². The molecule has 10 heteroatoms. The quantitative estimate of drug-likeness (QED) is 0.327. The van der Waals surface area contributed by atoms with Crippen LogP contribution in [0.2, 0.25) is 5.02 Å². The van der Waals surface area contributed by atoms with E-state index in [-0.39, 0.29) is 10.9 Å². The molecule has 0 aliphatic rings. The number of halogens is 2. The number of anilines is 1. The number of aromatic nitrogens is 3. The fourth-order valence-electron chi connectivity index (χ4n) is 2.98. The number of para-hydroxylation sites is 2. The van der Waals surface area contributed by atoms with Crippen LogP contribution in [-0.2, 0) is 4.79 Å². The van der Waals surface area contributed by atoms with Crippen LogP contribution in [0, 0.1) is 5.82 Å². The predicted molar refractivity (Wildman–Crippen MR) is 127 cm³/mol. The Labute approximate surface area is 197 Å². The first-order valence-corrected chi connectivity index (χ1v) is 11.7. The molecule has 0 unspecified atom stereocenters.